The molecule has 3 heteroatoms. The second-order valence-electron chi connectivity index (χ2n) is 6.79. The normalized spacial score (nSPS) is 18.8. The van der Waals surface area contributed by atoms with Crippen LogP contribution in [-0.2, 0) is 0 Å². The van der Waals surface area contributed by atoms with Crippen LogP contribution in [0.25, 0.3) is 0 Å². The van der Waals surface area contributed by atoms with Gasteiger partial charge in [0.15, 0.2) is 0 Å². The van der Waals surface area contributed by atoms with Crippen molar-refractivity contribution in [1.82, 2.24) is 15.1 Å². The topological polar surface area (TPSA) is 18.5 Å². The van der Waals surface area contributed by atoms with Crippen LogP contribution < -0.4 is 5.32 Å². The molecule has 0 aromatic carbocycles. The lowest BCUT2D eigenvalue weighted by Crippen LogP contribution is -2.54. The van der Waals surface area contributed by atoms with Gasteiger partial charge in [-0.1, -0.05) is 13.8 Å². The van der Waals surface area contributed by atoms with E-state index in [1.165, 1.54) is 39.0 Å². The first kappa shape index (κ1) is 15.9. The van der Waals surface area contributed by atoms with Crippen molar-refractivity contribution in [2.75, 3.05) is 46.3 Å². The average Bonchev–Trinajstić information content (AvgIpc) is 2.35. The molecule has 1 N–H and O–H groups in total. The molecule has 0 unspecified atom stereocenters. The maximum absolute atomic E-state index is 3.43. The fourth-order valence-electron chi connectivity index (χ4n) is 2.48. The quantitative estimate of drug-likeness (QED) is 0.751. The van der Waals surface area contributed by atoms with Gasteiger partial charge in [0, 0.05) is 31.7 Å². The van der Waals surface area contributed by atoms with E-state index in [0.29, 0.717) is 5.54 Å². The van der Waals surface area contributed by atoms with E-state index in [1.54, 1.807) is 0 Å². The minimum absolute atomic E-state index is 0.341. The zero-order chi connectivity index (χ0) is 13.6. The van der Waals surface area contributed by atoms with Gasteiger partial charge in [-0.3, -0.25) is 4.90 Å². The third-order valence-electron chi connectivity index (χ3n) is 4.17. The molecule has 0 atom stereocenters. The summed E-state index contributed by atoms with van der Waals surface area (Å²) in [5.74, 6) is 0.814. The van der Waals surface area contributed by atoms with Crippen LogP contribution in [0.1, 0.15) is 40.5 Å². The second-order valence-corrected chi connectivity index (χ2v) is 6.79. The lowest BCUT2D eigenvalue weighted by Gasteiger charge is -2.42. The van der Waals surface area contributed by atoms with Crippen molar-refractivity contribution in [3.63, 3.8) is 0 Å². The van der Waals surface area contributed by atoms with Crippen molar-refractivity contribution in [1.29, 1.82) is 0 Å². The molecule has 0 radical (unpaired) electrons. The summed E-state index contributed by atoms with van der Waals surface area (Å²) in [5.41, 5.74) is 0.341. The number of rotatable bonds is 7. The van der Waals surface area contributed by atoms with E-state index in [-0.39, 0.29) is 0 Å². The molecule has 0 aliphatic carbocycles. The molecule has 1 aliphatic heterocycles. The van der Waals surface area contributed by atoms with Crippen LogP contribution in [-0.4, -0.2) is 61.7 Å². The van der Waals surface area contributed by atoms with E-state index in [1.807, 2.05) is 0 Å². The Kier molecular flexibility index (Phi) is 6.61. The Bertz CT molecular complexity index is 220. The molecule has 108 valence electrons. The van der Waals surface area contributed by atoms with Gasteiger partial charge >= 0.3 is 0 Å². The minimum Gasteiger partial charge on any atom is -0.314 e. The Hall–Kier alpha value is -0.120. The van der Waals surface area contributed by atoms with Crippen molar-refractivity contribution in [2.45, 2.75) is 46.1 Å². The van der Waals surface area contributed by atoms with E-state index in [4.69, 9.17) is 0 Å². The molecule has 1 fully saturated rings. The predicted octanol–water partition coefficient (Wildman–Crippen LogP) is 2.04. The van der Waals surface area contributed by atoms with Crippen molar-refractivity contribution < 1.29 is 0 Å². The average molecular weight is 255 g/mol. The van der Waals surface area contributed by atoms with Gasteiger partial charge in [0.1, 0.15) is 0 Å². The largest absolute Gasteiger partial charge is 0.314 e. The summed E-state index contributed by atoms with van der Waals surface area (Å²) in [6, 6.07) is 0. The van der Waals surface area contributed by atoms with Crippen LogP contribution in [0, 0.1) is 5.92 Å². The zero-order valence-electron chi connectivity index (χ0n) is 13.1. The van der Waals surface area contributed by atoms with Gasteiger partial charge in [0.25, 0.3) is 0 Å². The van der Waals surface area contributed by atoms with Crippen LogP contribution in [0.3, 0.4) is 0 Å². The van der Waals surface area contributed by atoms with E-state index in [0.717, 1.165) is 19.0 Å². The zero-order valence-corrected chi connectivity index (χ0v) is 13.1. The van der Waals surface area contributed by atoms with Crippen molar-refractivity contribution in [2.24, 2.45) is 5.92 Å². The first-order valence-electron chi connectivity index (χ1n) is 7.56. The third kappa shape index (κ3) is 5.68. The molecule has 0 amide bonds. The summed E-state index contributed by atoms with van der Waals surface area (Å²) in [6.45, 7) is 16.5. The summed E-state index contributed by atoms with van der Waals surface area (Å²) in [6.07, 6.45) is 2.58. The van der Waals surface area contributed by atoms with Gasteiger partial charge in [0.2, 0.25) is 0 Å². The lowest BCUT2D eigenvalue weighted by atomic mass is 9.96. The molecular weight excluding hydrogens is 222 g/mol. The van der Waals surface area contributed by atoms with Gasteiger partial charge in [-0.05, 0) is 52.7 Å². The fraction of sp³-hybridized carbons (Fsp3) is 1.00. The van der Waals surface area contributed by atoms with Gasteiger partial charge in [-0.25, -0.2) is 0 Å². The molecule has 1 aliphatic rings. The van der Waals surface area contributed by atoms with Crippen molar-refractivity contribution in [3.05, 3.63) is 0 Å². The van der Waals surface area contributed by atoms with Crippen molar-refractivity contribution >= 4 is 0 Å². The molecule has 0 aromatic rings. The molecule has 0 aromatic heterocycles. The van der Waals surface area contributed by atoms with Gasteiger partial charge < -0.3 is 10.2 Å². The number of hydrogen-bond acceptors (Lipinski definition) is 3. The number of piperazine rings is 1. The molecular formula is C15H33N3. The first-order chi connectivity index (χ1) is 8.42. The third-order valence-corrected chi connectivity index (χ3v) is 4.17. The van der Waals surface area contributed by atoms with Crippen LogP contribution in [0.15, 0.2) is 0 Å². The molecule has 0 bridgehead atoms. The van der Waals surface area contributed by atoms with Gasteiger partial charge in [0.05, 0.1) is 0 Å². The van der Waals surface area contributed by atoms with E-state index in [9.17, 15) is 0 Å². The summed E-state index contributed by atoms with van der Waals surface area (Å²) >= 11 is 0. The Morgan fingerprint density at radius 2 is 1.78 bits per heavy atom. The Balaban J connectivity index is 2.26. The maximum atomic E-state index is 3.43. The van der Waals surface area contributed by atoms with Crippen LogP contribution in [0.2, 0.25) is 0 Å². The highest BCUT2D eigenvalue weighted by Crippen LogP contribution is 2.19. The van der Waals surface area contributed by atoms with Gasteiger partial charge in [-0.2, -0.15) is 0 Å². The maximum Gasteiger partial charge on any atom is 0.0166 e. The smallest absolute Gasteiger partial charge is 0.0166 e. The summed E-state index contributed by atoms with van der Waals surface area (Å²) in [5, 5.41) is 3.43. The SMILES string of the molecule is CC(C)CCN(C)CCC(C)(C)N1CCNCC1. The molecule has 0 spiro atoms. The minimum atomic E-state index is 0.341. The number of nitrogens with one attached hydrogen (secondary N) is 1. The van der Waals surface area contributed by atoms with E-state index < -0.39 is 0 Å². The lowest BCUT2D eigenvalue weighted by molar-refractivity contribution is 0.0856. The second kappa shape index (κ2) is 7.46. The first-order valence-corrected chi connectivity index (χ1v) is 7.56. The number of hydrogen-bond donors (Lipinski definition) is 1. The molecule has 0 saturated carbocycles. The van der Waals surface area contributed by atoms with Crippen LogP contribution in [0.5, 0.6) is 0 Å². The Labute approximate surface area is 114 Å². The number of nitrogens with zero attached hydrogens (tertiary/aromatic N) is 2. The highest BCUT2D eigenvalue weighted by Gasteiger charge is 2.27. The fourth-order valence-corrected chi connectivity index (χ4v) is 2.48. The Morgan fingerprint density at radius 3 is 2.33 bits per heavy atom. The van der Waals surface area contributed by atoms with E-state index in [2.05, 4.69) is 49.9 Å². The molecule has 3 nitrogen and oxygen atoms in total. The summed E-state index contributed by atoms with van der Waals surface area (Å²) in [7, 11) is 2.26. The highest BCUT2D eigenvalue weighted by atomic mass is 15.2. The molecule has 18 heavy (non-hydrogen) atoms. The Morgan fingerprint density at radius 1 is 1.17 bits per heavy atom. The van der Waals surface area contributed by atoms with Crippen LogP contribution >= 0.6 is 0 Å². The summed E-state index contributed by atoms with van der Waals surface area (Å²) in [4.78, 5) is 5.13. The van der Waals surface area contributed by atoms with E-state index >= 15 is 0 Å². The van der Waals surface area contributed by atoms with Crippen molar-refractivity contribution in [3.8, 4) is 0 Å². The highest BCUT2D eigenvalue weighted by molar-refractivity contribution is 4.85. The van der Waals surface area contributed by atoms with Gasteiger partial charge in [-0.15, -0.1) is 0 Å². The van der Waals surface area contributed by atoms with Crippen LogP contribution in [0.4, 0.5) is 0 Å². The molecule has 1 saturated heterocycles. The summed E-state index contributed by atoms with van der Waals surface area (Å²) < 4.78 is 0. The molecule has 1 rings (SSSR count). The molecule has 1 heterocycles. The predicted molar refractivity (Wildman–Crippen MR) is 80.1 cm³/mol. The standard InChI is InChI=1S/C15H33N3/c1-14(2)6-10-17(5)11-7-15(3,4)18-12-8-16-9-13-18/h14,16H,6-13H2,1-5H3. The monoisotopic (exact) mass is 255 g/mol.